The number of hydrogen-bond acceptors (Lipinski definition) is 2. The van der Waals surface area contributed by atoms with Crippen LogP contribution in [0.4, 0.5) is 5.69 Å². The third-order valence-corrected chi connectivity index (χ3v) is 4.04. The normalized spacial score (nSPS) is 12.2. The topological polar surface area (TPSA) is 46.9 Å². The molecule has 1 aromatic carbocycles. The fourth-order valence-electron chi connectivity index (χ4n) is 2.55. The number of amides is 1. The Morgan fingerprint density at radius 3 is 2.45 bits per heavy atom. The monoisotopic (exact) mass is 299 g/mol. The molecular weight excluding hydrogens is 274 g/mol. The van der Waals surface area contributed by atoms with E-state index < -0.39 is 0 Å². The Labute approximate surface area is 132 Å². The van der Waals surface area contributed by atoms with Gasteiger partial charge in [0.05, 0.1) is 23.0 Å². The second-order valence-electron chi connectivity index (χ2n) is 5.89. The standard InChI is InChI=1S/C18H25N3O/c1-6-11-21-15(5)17(14(4)20-21)19-18(22)13(3)16-9-7-12(2)8-10-16/h7-10,13H,6,11H2,1-5H3,(H,19,22). The summed E-state index contributed by atoms with van der Waals surface area (Å²) in [4.78, 5) is 12.5. The van der Waals surface area contributed by atoms with Gasteiger partial charge in [0, 0.05) is 6.54 Å². The molecule has 0 aliphatic rings. The molecule has 1 amide bonds. The van der Waals surface area contributed by atoms with E-state index in [4.69, 9.17) is 0 Å². The maximum atomic E-state index is 12.5. The molecule has 0 saturated carbocycles. The predicted octanol–water partition coefficient (Wildman–Crippen LogP) is 3.96. The van der Waals surface area contributed by atoms with Crippen molar-refractivity contribution < 1.29 is 4.79 Å². The number of hydrogen-bond donors (Lipinski definition) is 1. The van der Waals surface area contributed by atoms with Gasteiger partial charge in [-0.1, -0.05) is 36.8 Å². The van der Waals surface area contributed by atoms with E-state index >= 15 is 0 Å². The van der Waals surface area contributed by atoms with Crippen LogP contribution in [0.3, 0.4) is 0 Å². The Bertz CT molecular complexity index is 656. The van der Waals surface area contributed by atoms with Crippen LogP contribution in [-0.2, 0) is 11.3 Å². The van der Waals surface area contributed by atoms with Crippen molar-refractivity contribution in [3.05, 3.63) is 46.8 Å². The Hall–Kier alpha value is -2.10. The number of carbonyl (C=O) groups excluding carboxylic acids is 1. The molecule has 2 aromatic rings. The molecule has 4 heteroatoms. The number of aromatic nitrogens is 2. The van der Waals surface area contributed by atoms with E-state index in [0.717, 1.165) is 35.6 Å². The van der Waals surface area contributed by atoms with Gasteiger partial charge in [0.2, 0.25) is 5.91 Å². The molecule has 1 unspecified atom stereocenters. The van der Waals surface area contributed by atoms with Gasteiger partial charge in [-0.3, -0.25) is 9.48 Å². The first kappa shape index (κ1) is 16.3. The number of rotatable bonds is 5. The molecular formula is C18H25N3O. The van der Waals surface area contributed by atoms with Crippen LogP contribution in [0.2, 0.25) is 0 Å². The van der Waals surface area contributed by atoms with Crippen molar-refractivity contribution in [2.24, 2.45) is 0 Å². The van der Waals surface area contributed by atoms with Crippen LogP contribution in [0, 0.1) is 20.8 Å². The minimum Gasteiger partial charge on any atom is -0.322 e. The summed E-state index contributed by atoms with van der Waals surface area (Å²) in [7, 11) is 0. The summed E-state index contributed by atoms with van der Waals surface area (Å²) in [6.07, 6.45) is 1.02. The maximum Gasteiger partial charge on any atom is 0.231 e. The quantitative estimate of drug-likeness (QED) is 0.908. The Balaban J connectivity index is 2.16. The molecule has 0 bridgehead atoms. The third-order valence-electron chi connectivity index (χ3n) is 4.04. The number of benzene rings is 1. The number of aryl methyl sites for hydroxylation is 3. The van der Waals surface area contributed by atoms with Crippen LogP contribution in [0.5, 0.6) is 0 Å². The van der Waals surface area contributed by atoms with Gasteiger partial charge < -0.3 is 5.32 Å². The Morgan fingerprint density at radius 1 is 1.23 bits per heavy atom. The van der Waals surface area contributed by atoms with E-state index in [0.29, 0.717) is 0 Å². The molecule has 0 radical (unpaired) electrons. The van der Waals surface area contributed by atoms with Crippen LogP contribution in [0.25, 0.3) is 0 Å². The van der Waals surface area contributed by atoms with E-state index in [1.807, 2.05) is 56.6 Å². The molecule has 1 atom stereocenters. The average molecular weight is 299 g/mol. The van der Waals surface area contributed by atoms with Gasteiger partial charge in [-0.05, 0) is 39.7 Å². The summed E-state index contributed by atoms with van der Waals surface area (Å²) in [5.74, 6) is -0.181. The summed E-state index contributed by atoms with van der Waals surface area (Å²) in [6, 6.07) is 8.10. The van der Waals surface area contributed by atoms with Crippen molar-refractivity contribution in [2.45, 2.75) is 53.5 Å². The largest absolute Gasteiger partial charge is 0.322 e. The molecule has 1 heterocycles. The summed E-state index contributed by atoms with van der Waals surface area (Å²) >= 11 is 0. The van der Waals surface area contributed by atoms with Crippen molar-refractivity contribution in [2.75, 3.05) is 5.32 Å². The van der Waals surface area contributed by atoms with Crippen LogP contribution >= 0.6 is 0 Å². The van der Waals surface area contributed by atoms with E-state index in [1.54, 1.807) is 0 Å². The minimum absolute atomic E-state index is 0.00565. The molecule has 0 spiro atoms. The summed E-state index contributed by atoms with van der Waals surface area (Å²) in [5, 5.41) is 7.55. The molecule has 1 N–H and O–H groups in total. The van der Waals surface area contributed by atoms with Gasteiger partial charge >= 0.3 is 0 Å². The predicted molar refractivity (Wildman–Crippen MR) is 90.2 cm³/mol. The summed E-state index contributed by atoms with van der Waals surface area (Å²) < 4.78 is 1.96. The fourth-order valence-corrected chi connectivity index (χ4v) is 2.55. The van der Waals surface area contributed by atoms with Crippen molar-refractivity contribution in [3.8, 4) is 0 Å². The molecule has 22 heavy (non-hydrogen) atoms. The van der Waals surface area contributed by atoms with Crippen molar-refractivity contribution >= 4 is 11.6 Å². The summed E-state index contributed by atoms with van der Waals surface area (Å²) in [6.45, 7) is 10.9. The highest BCUT2D eigenvalue weighted by Crippen LogP contribution is 2.23. The second-order valence-corrected chi connectivity index (χ2v) is 5.89. The molecule has 0 aliphatic heterocycles. The number of nitrogens with zero attached hydrogens (tertiary/aromatic N) is 2. The molecule has 2 rings (SSSR count). The number of nitrogens with one attached hydrogen (secondary N) is 1. The Morgan fingerprint density at radius 2 is 1.86 bits per heavy atom. The van der Waals surface area contributed by atoms with Gasteiger partial charge in [0.1, 0.15) is 0 Å². The Kier molecular flexibility index (Phi) is 5.01. The molecule has 0 fully saturated rings. The second kappa shape index (κ2) is 6.77. The van der Waals surface area contributed by atoms with Crippen LogP contribution in [0.15, 0.2) is 24.3 Å². The van der Waals surface area contributed by atoms with Gasteiger partial charge in [-0.15, -0.1) is 0 Å². The highest BCUT2D eigenvalue weighted by Gasteiger charge is 2.19. The van der Waals surface area contributed by atoms with Gasteiger partial charge in [-0.25, -0.2) is 0 Å². The lowest BCUT2D eigenvalue weighted by molar-refractivity contribution is -0.117. The highest BCUT2D eigenvalue weighted by molar-refractivity contribution is 5.96. The first-order valence-corrected chi connectivity index (χ1v) is 7.85. The fraction of sp³-hybridized carbons (Fsp3) is 0.444. The van der Waals surface area contributed by atoms with Crippen LogP contribution in [0.1, 0.15) is 48.7 Å². The van der Waals surface area contributed by atoms with Gasteiger partial charge in [0.25, 0.3) is 0 Å². The zero-order valence-electron chi connectivity index (χ0n) is 14.1. The van der Waals surface area contributed by atoms with E-state index in [2.05, 4.69) is 17.3 Å². The van der Waals surface area contributed by atoms with E-state index in [1.165, 1.54) is 5.56 Å². The summed E-state index contributed by atoms with van der Waals surface area (Å²) in [5.41, 5.74) is 4.96. The lowest BCUT2D eigenvalue weighted by atomic mass is 9.99. The van der Waals surface area contributed by atoms with E-state index in [-0.39, 0.29) is 11.8 Å². The third kappa shape index (κ3) is 3.38. The molecule has 0 saturated heterocycles. The molecule has 0 aliphatic carbocycles. The SMILES string of the molecule is CCCn1nc(C)c(NC(=O)C(C)c2ccc(C)cc2)c1C. The molecule has 4 nitrogen and oxygen atoms in total. The minimum atomic E-state index is -0.186. The zero-order chi connectivity index (χ0) is 16.3. The van der Waals surface area contributed by atoms with Gasteiger partial charge in [0.15, 0.2) is 0 Å². The number of anilines is 1. The lowest BCUT2D eigenvalue weighted by Crippen LogP contribution is -2.19. The zero-order valence-corrected chi connectivity index (χ0v) is 14.1. The van der Waals surface area contributed by atoms with Crippen LogP contribution in [-0.4, -0.2) is 15.7 Å². The van der Waals surface area contributed by atoms with Crippen molar-refractivity contribution in [3.63, 3.8) is 0 Å². The highest BCUT2D eigenvalue weighted by atomic mass is 16.1. The lowest BCUT2D eigenvalue weighted by Gasteiger charge is -2.13. The smallest absolute Gasteiger partial charge is 0.231 e. The van der Waals surface area contributed by atoms with E-state index in [9.17, 15) is 4.79 Å². The van der Waals surface area contributed by atoms with Gasteiger partial charge in [-0.2, -0.15) is 5.10 Å². The first-order chi connectivity index (χ1) is 10.4. The average Bonchev–Trinajstić information content (AvgIpc) is 2.75. The maximum absolute atomic E-state index is 12.5. The first-order valence-electron chi connectivity index (χ1n) is 7.85. The molecule has 118 valence electrons. The van der Waals surface area contributed by atoms with Crippen molar-refractivity contribution in [1.82, 2.24) is 9.78 Å². The van der Waals surface area contributed by atoms with Crippen LogP contribution < -0.4 is 5.32 Å². The number of carbonyl (C=O) groups is 1. The van der Waals surface area contributed by atoms with Crippen molar-refractivity contribution in [1.29, 1.82) is 0 Å². The molecule has 1 aromatic heterocycles.